The molecule has 3 rings (SSSR count). The van der Waals surface area contributed by atoms with Crippen LogP contribution in [0.1, 0.15) is 19.8 Å². The topological polar surface area (TPSA) is 44.4 Å². The fourth-order valence-electron chi connectivity index (χ4n) is 2.94. The third-order valence-electron chi connectivity index (χ3n) is 4.54. The maximum atomic E-state index is 12.4. The Morgan fingerprint density at radius 1 is 1.30 bits per heavy atom. The maximum Gasteiger partial charge on any atom is 0.227 e. The first-order valence-electron chi connectivity index (χ1n) is 7.61. The molecule has 2 saturated heterocycles. The van der Waals surface area contributed by atoms with Crippen molar-refractivity contribution in [3.8, 4) is 0 Å². The van der Waals surface area contributed by atoms with E-state index < -0.39 is 0 Å². The first-order valence-corrected chi connectivity index (χ1v) is 7.61. The molecule has 0 aromatic heterocycles. The van der Waals surface area contributed by atoms with Crippen LogP contribution in [0.3, 0.4) is 0 Å². The molecule has 0 saturated carbocycles. The quantitative estimate of drug-likeness (QED) is 0.883. The Bertz CT molecular complexity index is 478. The number of para-hydroxylation sites is 2. The monoisotopic (exact) mass is 273 g/mol. The van der Waals surface area contributed by atoms with Crippen molar-refractivity contribution in [2.45, 2.75) is 19.8 Å². The third-order valence-corrected chi connectivity index (χ3v) is 4.54. The molecule has 108 valence electrons. The standard InChI is InChI=1S/C16H23N3O/c1-12(13-10-17-11-13)16(20)18-14-6-2-3-7-15(14)19-8-4-5-9-19/h2-3,6-7,12-13,17H,4-5,8-11H2,1H3,(H,18,20). The van der Waals surface area contributed by atoms with Crippen LogP contribution in [0.2, 0.25) is 0 Å². The van der Waals surface area contributed by atoms with E-state index in [1.807, 2.05) is 25.1 Å². The Morgan fingerprint density at radius 3 is 2.65 bits per heavy atom. The minimum absolute atomic E-state index is 0.0721. The van der Waals surface area contributed by atoms with Gasteiger partial charge in [-0.25, -0.2) is 0 Å². The molecule has 2 aliphatic rings. The summed E-state index contributed by atoms with van der Waals surface area (Å²) in [5, 5.41) is 6.36. The van der Waals surface area contributed by atoms with Gasteiger partial charge in [0.15, 0.2) is 0 Å². The Kier molecular flexibility index (Phi) is 3.92. The lowest BCUT2D eigenvalue weighted by atomic mass is 9.88. The molecule has 4 nitrogen and oxygen atoms in total. The van der Waals surface area contributed by atoms with Crippen molar-refractivity contribution in [3.63, 3.8) is 0 Å². The highest BCUT2D eigenvalue weighted by atomic mass is 16.1. The summed E-state index contributed by atoms with van der Waals surface area (Å²) in [4.78, 5) is 14.7. The van der Waals surface area contributed by atoms with Gasteiger partial charge in [-0.15, -0.1) is 0 Å². The summed E-state index contributed by atoms with van der Waals surface area (Å²) in [6.07, 6.45) is 2.48. The average molecular weight is 273 g/mol. The minimum atomic E-state index is 0.0721. The van der Waals surface area contributed by atoms with Gasteiger partial charge in [0, 0.05) is 19.0 Å². The molecule has 20 heavy (non-hydrogen) atoms. The van der Waals surface area contributed by atoms with Gasteiger partial charge in [-0.05, 0) is 44.0 Å². The van der Waals surface area contributed by atoms with Crippen LogP contribution >= 0.6 is 0 Å². The molecule has 1 aromatic carbocycles. The van der Waals surface area contributed by atoms with Gasteiger partial charge in [0.1, 0.15) is 0 Å². The summed E-state index contributed by atoms with van der Waals surface area (Å²) in [6, 6.07) is 8.15. The Labute approximate surface area is 120 Å². The van der Waals surface area contributed by atoms with Crippen molar-refractivity contribution in [1.82, 2.24) is 5.32 Å². The lowest BCUT2D eigenvalue weighted by molar-refractivity contribution is -0.121. The van der Waals surface area contributed by atoms with Crippen LogP contribution in [0.4, 0.5) is 11.4 Å². The van der Waals surface area contributed by atoms with E-state index in [-0.39, 0.29) is 11.8 Å². The molecule has 0 bridgehead atoms. The molecule has 1 aromatic rings. The maximum absolute atomic E-state index is 12.4. The summed E-state index contributed by atoms with van der Waals surface area (Å²) >= 11 is 0. The highest BCUT2D eigenvalue weighted by Crippen LogP contribution is 2.29. The van der Waals surface area contributed by atoms with Gasteiger partial charge >= 0.3 is 0 Å². The van der Waals surface area contributed by atoms with E-state index in [0.717, 1.165) is 37.6 Å². The van der Waals surface area contributed by atoms with Crippen LogP contribution in [0.15, 0.2) is 24.3 Å². The third kappa shape index (κ3) is 2.66. The zero-order chi connectivity index (χ0) is 13.9. The van der Waals surface area contributed by atoms with Crippen molar-refractivity contribution in [2.75, 3.05) is 36.4 Å². The molecule has 4 heteroatoms. The second kappa shape index (κ2) is 5.83. The number of amides is 1. The van der Waals surface area contributed by atoms with Crippen LogP contribution in [0, 0.1) is 11.8 Å². The van der Waals surface area contributed by atoms with E-state index >= 15 is 0 Å². The molecule has 2 aliphatic heterocycles. The molecular weight excluding hydrogens is 250 g/mol. The number of nitrogens with one attached hydrogen (secondary N) is 2. The summed E-state index contributed by atoms with van der Waals surface area (Å²) < 4.78 is 0. The number of hydrogen-bond donors (Lipinski definition) is 2. The van der Waals surface area contributed by atoms with E-state index in [9.17, 15) is 4.79 Å². The van der Waals surface area contributed by atoms with Crippen molar-refractivity contribution in [2.24, 2.45) is 11.8 Å². The van der Waals surface area contributed by atoms with E-state index in [1.54, 1.807) is 0 Å². The second-order valence-corrected chi connectivity index (χ2v) is 5.91. The first-order chi connectivity index (χ1) is 9.75. The number of hydrogen-bond acceptors (Lipinski definition) is 3. The number of carbonyl (C=O) groups excluding carboxylic acids is 1. The van der Waals surface area contributed by atoms with Gasteiger partial charge in [-0.1, -0.05) is 19.1 Å². The molecular formula is C16H23N3O. The van der Waals surface area contributed by atoms with Crippen LogP contribution in [0.5, 0.6) is 0 Å². The summed E-state index contributed by atoms with van der Waals surface area (Å²) in [5.74, 6) is 0.694. The lowest BCUT2D eigenvalue weighted by Crippen LogP contribution is -2.48. The Morgan fingerprint density at radius 2 is 2.00 bits per heavy atom. The summed E-state index contributed by atoms with van der Waals surface area (Å²) in [6.45, 7) is 6.13. The van der Waals surface area contributed by atoms with Gasteiger partial charge < -0.3 is 15.5 Å². The number of rotatable bonds is 4. The van der Waals surface area contributed by atoms with Gasteiger partial charge in [0.05, 0.1) is 11.4 Å². The smallest absolute Gasteiger partial charge is 0.227 e. The fraction of sp³-hybridized carbons (Fsp3) is 0.562. The molecule has 0 spiro atoms. The van der Waals surface area contributed by atoms with E-state index in [0.29, 0.717) is 5.92 Å². The largest absolute Gasteiger partial charge is 0.370 e. The first kappa shape index (κ1) is 13.4. The number of benzene rings is 1. The molecule has 2 N–H and O–H groups in total. The van der Waals surface area contributed by atoms with Gasteiger partial charge in [-0.3, -0.25) is 4.79 Å². The van der Waals surface area contributed by atoms with Gasteiger partial charge in [-0.2, -0.15) is 0 Å². The van der Waals surface area contributed by atoms with Crippen molar-refractivity contribution in [3.05, 3.63) is 24.3 Å². The molecule has 2 fully saturated rings. The SMILES string of the molecule is CC(C(=O)Nc1ccccc1N1CCCC1)C1CNC1. The van der Waals surface area contributed by atoms with E-state index in [4.69, 9.17) is 0 Å². The Hall–Kier alpha value is -1.55. The lowest BCUT2D eigenvalue weighted by Gasteiger charge is -2.32. The normalized spacial score (nSPS) is 20.6. The average Bonchev–Trinajstić information content (AvgIpc) is 2.91. The Balaban J connectivity index is 1.71. The molecule has 0 aliphatic carbocycles. The van der Waals surface area contributed by atoms with E-state index in [2.05, 4.69) is 21.6 Å². The van der Waals surface area contributed by atoms with Crippen molar-refractivity contribution < 1.29 is 4.79 Å². The van der Waals surface area contributed by atoms with Crippen molar-refractivity contribution >= 4 is 17.3 Å². The van der Waals surface area contributed by atoms with Crippen molar-refractivity contribution in [1.29, 1.82) is 0 Å². The molecule has 1 amide bonds. The van der Waals surface area contributed by atoms with Crippen LogP contribution < -0.4 is 15.5 Å². The number of anilines is 2. The zero-order valence-corrected chi connectivity index (χ0v) is 12.1. The van der Waals surface area contributed by atoms with Crippen LogP contribution in [-0.2, 0) is 4.79 Å². The fourth-order valence-corrected chi connectivity index (χ4v) is 2.94. The van der Waals surface area contributed by atoms with Gasteiger partial charge in [0.2, 0.25) is 5.91 Å². The molecule has 1 unspecified atom stereocenters. The summed E-state index contributed by atoms with van der Waals surface area (Å²) in [7, 11) is 0. The van der Waals surface area contributed by atoms with E-state index in [1.165, 1.54) is 12.8 Å². The highest BCUT2D eigenvalue weighted by molar-refractivity contribution is 5.95. The molecule has 0 radical (unpaired) electrons. The summed E-state index contributed by atoms with van der Waals surface area (Å²) in [5.41, 5.74) is 2.12. The molecule has 2 heterocycles. The predicted octanol–water partition coefficient (Wildman–Crippen LogP) is 2.08. The predicted molar refractivity (Wildman–Crippen MR) is 82.0 cm³/mol. The zero-order valence-electron chi connectivity index (χ0n) is 12.1. The van der Waals surface area contributed by atoms with Crippen LogP contribution in [0.25, 0.3) is 0 Å². The number of nitrogens with zero attached hydrogens (tertiary/aromatic N) is 1. The van der Waals surface area contributed by atoms with Gasteiger partial charge in [0.25, 0.3) is 0 Å². The molecule has 1 atom stereocenters. The second-order valence-electron chi connectivity index (χ2n) is 5.91. The highest BCUT2D eigenvalue weighted by Gasteiger charge is 2.29. The van der Waals surface area contributed by atoms with Crippen LogP contribution in [-0.4, -0.2) is 32.1 Å². The minimum Gasteiger partial charge on any atom is -0.370 e. The number of carbonyl (C=O) groups is 1.